The Balaban J connectivity index is 2.07. The molecule has 0 aliphatic carbocycles. The van der Waals surface area contributed by atoms with Gasteiger partial charge in [-0.2, -0.15) is 0 Å². The molecule has 1 fully saturated rings. The second-order valence-corrected chi connectivity index (χ2v) is 5.59. The molecule has 1 aliphatic heterocycles. The maximum absolute atomic E-state index is 11.6. The van der Waals surface area contributed by atoms with Crippen LogP contribution >= 0.6 is 0 Å². The molecule has 6 heteroatoms. The SMILES string of the molecule is Cc1oc(CN2CCCN(C)CC2C)cc1C(=O)NN. The number of nitrogens with two attached hydrogens (primary N) is 1. The number of likely N-dealkylation sites (N-methyl/N-ethyl adjacent to an activating group) is 1. The van der Waals surface area contributed by atoms with Crippen molar-refractivity contribution >= 4 is 5.91 Å². The van der Waals surface area contributed by atoms with Crippen LogP contribution in [-0.2, 0) is 6.54 Å². The molecular weight excluding hydrogens is 256 g/mol. The number of rotatable bonds is 3. The minimum atomic E-state index is -0.304. The van der Waals surface area contributed by atoms with Gasteiger partial charge in [-0.25, -0.2) is 5.84 Å². The van der Waals surface area contributed by atoms with Crippen LogP contribution in [0.4, 0.5) is 0 Å². The van der Waals surface area contributed by atoms with Crippen molar-refractivity contribution in [1.29, 1.82) is 0 Å². The summed E-state index contributed by atoms with van der Waals surface area (Å²) in [5, 5.41) is 0. The Hall–Kier alpha value is -1.37. The van der Waals surface area contributed by atoms with E-state index in [0.29, 0.717) is 17.4 Å². The Morgan fingerprint density at radius 2 is 2.30 bits per heavy atom. The summed E-state index contributed by atoms with van der Waals surface area (Å²) >= 11 is 0. The van der Waals surface area contributed by atoms with Crippen molar-refractivity contribution in [2.45, 2.75) is 32.9 Å². The highest BCUT2D eigenvalue weighted by Gasteiger charge is 2.22. The van der Waals surface area contributed by atoms with E-state index in [1.807, 2.05) is 0 Å². The van der Waals surface area contributed by atoms with Crippen molar-refractivity contribution in [1.82, 2.24) is 15.2 Å². The van der Waals surface area contributed by atoms with Crippen molar-refractivity contribution in [3.63, 3.8) is 0 Å². The van der Waals surface area contributed by atoms with Crippen LogP contribution in [0.2, 0.25) is 0 Å². The highest BCUT2D eigenvalue weighted by molar-refractivity contribution is 5.94. The van der Waals surface area contributed by atoms with E-state index in [4.69, 9.17) is 10.3 Å². The molecule has 0 bridgehead atoms. The zero-order valence-corrected chi connectivity index (χ0v) is 12.5. The van der Waals surface area contributed by atoms with Gasteiger partial charge in [0.05, 0.1) is 12.1 Å². The largest absolute Gasteiger partial charge is 0.464 e. The Bertz CT molecular complexity index is 472. The topological polar surface area (TPSA) is 74.7 Å². The van der Waals surface area contributed by atoms with Gasteiger partial charge in [-0.3, -0.25) is 15.1 Å². The fourth-order valence-electron chi connectivity index (χ4n) is 2.78. The number of nitrogen functional groups attached to an aromatic ring is 1. The van der Waals surface area contributed by atoms with Gasteiger partial charge in [0.15, 0.2) is 0 Å². The summed E-state index contributed by atoms with van der Waals surface area (Å²) in [4.78, 5) is 16.3. The molecule has 1 aromatic heterocycles. The molecule has 6 nitrogen and oxygen atoms in total. The van der Waals surface area contributed by atoms with Crippen molar-refractivity contribution in [3.05, 3.63) is 23.2 Å². The summed E-state index contributed by atoms with van der Waals surface area (Å²) in [7, 11) is 2.15. The fraction of sp³-hybridized carbons (Fsp3) is 0.643. The Morgan fingerprint density at radius 1 is 1.55 bits per heavy atom. The average Bonchev–Trinajstić information content (AvgIpc) is 2.69. The standard InChI is InChI=1S/C14H24N4O2/c1-10-8-17(3)5-4-6-18(10)9-12-7-13(11(2)20-12)14(19)16-15/h7,10H,4-6,8-9,15H2,1-3H3,(H,16,19). The molecule has 2 heterocycles. The first-order valence-electron chi connectivity index (χ1n) is 7.04. The monoisotopic (exact) mass is 280 g/mol. The number of hydrazine groups is 1. The molecule has 3 N–H and O–H groups in total. The molecule has 1 aliphatic rings. The number of carbonyl (C=O) groups is 1. The third-order valence-corrected chi connectivity index (χ3v) is 3.89. The highest BCUT2D eigenvalue weighted by atomic mass is 16.3. The van der Waals surface area contributed by atoms with Crippen molar-refractivity contribution in [2.75, 3.05) is 26.7 Å². The number of furan rings is 1. The predicted molar refractivity (Wildman–Crippen MR) is 77.1 cm³/mol. The Morgan fingerprint density at radius 3 is 3.00 bits per heavy atom. The van der Waals surface area contributed by atoms with Crippen LogP contribution in [0, 0.1) is 6.92 Å². The van der Waals surface area contributed by atoms with E-state index in [1.54, 1.807) is 13.0 Å². The number of amides is 1. The van der Waals surface area contributed by atoms with E-state index in [9.17, 15) is 4.79 Å². The van der Waals surface area contributed by atoms with Crippen LogP contribution < -0.4 is 11.3 Å². The number of nitrogens with zero attached hydrogens (tertiary/aromatic N) is 2. The number of nitrogens with one attached hydrogen (secondary N) is 1. The molecule has 0 saturated carbocycles. The van der Waals surface area contributed by atoms with Gasteiger partial charge in [0, 0.05) is 19.1 Å². The van der Waals surface area contributed by atoms with Crippen LogP contribution in [0.25, 0.3) is 0 Å². The molecular formula is C14H24N4O2. The van der Waals surface area contributed by atoms with Gasteiger partial charge in [-0.15, -0.1) is 0 Å². The molecule has 1 saturated heterocycles. The maximum atomic E-state index is 11.6. The van der Waals surface area contributed by atoms with Gasteiger partial charge in [-0.1, -0.05) is 0 Å². The van der Waals surface area contributed by atoms with Crippen LogP contribution in [0.3, 0.4) is 0 Å². The minimum Gasteiger partial charge on any atom is -0.464 e. The summed E-state index contributed by atoms with van der Waals surface area (Å²) in [5.74, 6) is 6.29. The second kappa shape index (κ2) is 6.39. The van der Waals surface area contributed by atoms with E-state index in [0.717, 1.165) is 38.4 Å². The first-order valence-corrected chi connectivity index (χ1v) is 7.04. The summed E-state index contributed by atoms with van der Waals surface area (Å²) in [6, 6.07) is 2.26. The lowest BCUT2D eigenvalue weighted by atomic mass is 10.2. The molecule has 1 unspecified atom stereocenters. The molecule has 112 valence electrons. The third-order valence-electron chi connectivity index (χ3n) is 3.89. The predicted octanol–water partition coefficient (Wildman–Crippen LogP) is 0.718. The summed E-state index contributed by atoms with van der Waals surface area (Å²) < 4.78 is 5.68. The van der Waals surface area contributed by atoms with Crippen LogP contribution in [0.15, 0.2) is 10.5 Å². The molecule has 1 amide bonds. The Kier molecular flexibility index (Phi) is 4.80. The Labute approximate surface area is 119 Å². The van der Waals surface area contributed by atoms with Gasteiger partial charge in [0.2, 0.25) is 0 Å². The molecule has 0 aromatic carbocycles. The zero-order valence-electron chi connectivity index (χ0n) is 12.5. The van der Waals surface area contributed by atoms with Crippen LogP contribution in [0.5, 0.6) is 0 Å². The quantitative estimate of drug-likeness (QED) is 0.485. The van der Waals surface area contributed by atoms with E-state index < -0.39 is 0 Å². The number of carbonyl (C=O) groups excluding carboxylic acids is 1. The lowest BCUT2D eigenvalue weighted by Gasteiger charge is -2.26. The van der Waals surface area contributed by atoms with Crippen LogP contribution in [0.1, 0.15) is 35.2 Å². The van der Waals surface area contributed by atoms with Crippen molar-refractivity contribution in [3.8, 4) is 0 Å². The highest BCUT2D eigenvalue weighted by Crippen LogP contribution is 2.19. The number of hydrogen-bond donors (Lipinski definition) is 2. The van der Waals surface area contributed by atoms with Crippen molar-refractivity contribution in [2.24, 2.45) is 5.84 Å². The zero-order chi connectivity index (χ0) is 14.7. The third kappa shape index (κ3) is 3.39. The molecule has 1 atom stereocenters. The van der Waals surface area contributed by atoms with Gasteiger partial charge < -0.3 is 9.32 Å². The second-order valence-electron chi connectivity index (χ2n) is 5.59. The molecule has 2 rings (SSSR count). The number of aryl methyl sites for hydroxylation is 1. The van der Waals surface area contributed by atoms with E-state index in [2.05, 4.69) is 29.2 Å². The molecule has 0 radical (unpaired) electrons. The van der Waals surface area contributed by atoms with E-state index in [1.165, 1.54) is 0 Å². The van der Waals surface area contributed by atoms with Gasteiger partial charge >= 0.3 is 0 Å². The summed E-state index contributed by atoms with van der Waals surface area (Å²) in [6.07, 6.45) is 1.15. The number of hydrogen-bond acceptors (Lipinski definition) is 5. The van der Waals surface area contributed by atoms with E-state index in [-0.39, 0.29) is 5.91 Å². The minimum absolute atomic E-state index is 0.304. The summed E-state index contributed by atoms with van der Waals surface area (Å²) in [6.45, 7) is 7.96. The first kappa shape index (κ1) is 15.0. The molecule has 0 spiro atoms. The normalized spacial score (nSPS) is 21.7. The first-order chi connectivity index (χ1) is 9.51. The summed E-state index contributed by atoms with van der Waals surface area (Å²) in [5.41, 5.74) is 2.66. The van der Waals surface area contributed by atoms with Crippen molar-refractivity contribution < 1.29 is 9.21 Å². The van der Waals surface area contributed by atoms with E-state index >= 15 is 0 Å². The average molecular weight is 280 g/mol. The van der Waals surface area contributed by atoms with Gasteiger partial charge in [0.1, 0.15) is 11.5 Å². The maximum Gasteiger partial charge on any atom is 0.268 e. The van der Waals surface area contributed by atoms with Gasteiger partial charge in [-0.05, 0) is 39.9 Å². The lowest BCUT2D eigenvalue weighted by Crippen LogP contribution is -2.37. The molecule has 20 heavy (non-hydrogen) atoms. The fourth-order valence-corrected chi connectivity index (χ4v) is 2.78. The van der Waals surface area contributed by atoms with Gasteiger partial charge in [0.25, 0.3) is 5.91 Å². The lowest BCUT2D eigenvalue weighted by molar-refractivity contribution is 0.0952. The molecule has 1 aromatic rings. The van der Waals surface area contributed by atoms with Crippen LogP contribution in [-0.4, -0.2) is 48.4 Å². The smallest absolute Gasteiger partial charge is 0.268 e.